The molecule has 0 fully saturated rings. The molecule has 0 rings (SSSR count). The van der Waals surface area contributed by atoms with Crippen molar-refractivity contribution in [1.29, 1.82) is 0 Å². The smallest absolute Gasteiger partial charge is 0.736 e. The monoisotopic (exact) mass is 4810 g/mol. The van der Waals surface area contributed by atoms with Crippen LogP contribution in [0.3, 0.4) is 0 Å². The molecule has 0 bridgehead atoms. The third-order valence-corrected chi connectivity index (χ3v) is 0. The summed E-state index contributed by atoms with van der Waals surface area (Å²) in [5.41, 5.74) is 0. The quantitative estimate of drug-likeness (QED) is 0.0969. The molecule has 0 aliphatic heterocycles. The molecule has 103 heteroatoms. The SMILES string of the molecule is NS(=O)(=O)[O-].NS(=O)(=O)[O-].NS(=O)(=O)[O-].NS(=O)(=O)[O-].NS(=O)(=O)[O-].NS(=O)(=O)[O-].[Ni+2].[Ni+2].[Ni+2].[Ni+2].[Ni+2].[Ni+2].[Ni+2].[Ni+2].[Ni+2].[Ni+2].[Ni+2].[Ni+2].[Ni+2].[Ni+2].[Ni+2].[Ni+2].[Ni+2].[Ni+2].[Ni+2].[Ni+2].[Ni+2].[Ni+2].[Ni+2].[Ni+2].[Ni+2].[Ni+2].[Ni+2].[Ni+2].[Ni+2].[Ni+2].[Ni+2].[Ni+2].[Ni+2].[Ni+2].[Ni+2].[Ni+2].[Ni+2].[Ni+2].[Ni+2].[Ni+2].[Ni+2].[Ni+2].[Ni+2].[Ni+2].[Ni+2].[Ni+2].[Ni+2].[Ni+2].[Ni+2].[Ni+2].[Ni+2].[Ni+2].[Ni+2].[Ni+2].[Ni+2].[Ni+2].[Ni+2].[Ni+2].[Ni+2].[Ni+2].[Ni+2].[Ni+2].[Ni+2].[Ni+2].[Ni+2].[Ni+2].[Ni+2].[Ni+2].[Ni+2].[Ni+2].[Ni+2].[Ni+2].[Ni+2]. The van der Waals surface area contributed by atoms with Crippen molar-refractivity contribution < 1.29 is 1280 Å². The maximum atomic E-state index is 8.85. The van der Waals surface area contributed by atoms with Gasteiger partial charge in [-0.05, 0) is 0 Å². The van der Waals surface area contributed by atoms with E-state index in [2.05, 4.69) is 30.8 Å². The minimum atomic E-state index is -4.42. The van der Waals surface area contributed by atoms with E-state index in [1.807, 2.05) is 0 Å². The largest absolute Gasteiger partial charge is 2.00 e. The van der Waals surface area contributed by atoms with E-state index in [0.29, 0.717) is 0 Å². The van der Waals surface area contributed by atoms with Crippen molar-refractivity contribution in [2.75, 3.05) is 0 Å². The third kappa shape index (κ3) is 2020. The van der Waals surface area contributed by atoms with Crippen molar-refractivity contribution in [2.24, 2.45) is 30.8 Å². The van der Waals surface area contributed by atoms with E-state index in [-0.39, 0.29) is 1200 Å². The predicted octanol–water partition coefficient (Wildman–Crippen LogP) is -9.75. The van der Waals surface area contributed by atoms with Gasteiger partial charge in [0, 0.05) is 0 Å². The summed E-state index contributed by atoms with van der Waals surface area (Å²) in [7, 11) is -26.5. The minimum Gasteiger partial charge on any atom is -0.736 e. The summed E-state index contributed by atoms with van der Waals surface area (Å²) in [6, 6.07) is 0. The van der Waals surface area contributed by atoms with E-state index in [9.17, 15) is 0 Å². The maximum Gasteiger partial charge on any atom is 2.00 e. The Kier molecular flexibility index (Phi) is 3620. The van der Waals surface area contributed by atoms with Crippen LogP contribution in [0.2, 0.25) is 0 Å². The van der Waals surface area contributed by atoms with Gasteiger partial charge in [0.25, 0.3) is 0 Å². The van der Waals surface area contributed by atoms with Crippen molar-refractivity contribution in [1.82, 2.24) is 0 Å². The van der Waals surface area contributed by atoms with Crippen LogP contribution in [0, 0.1) is 0 Å². The van der Waals surface area contributed by atoms with Gasteiger partial charge >= 0.3 is 1200 Å². The number of hydrogen-bond acceptors (Lipinski definition) is 18. The normalized spacial score (nSPS) is 3.38. The molecular weight excluding hydrogens is 4850 g/mol. The van der Waals surface area contributed by atoms with Crippen LogP contribution in [-0.2, 0) is 1270 Å². The van der Waals surface area contributed by atoms with Gasteiger partial charge in [0.2, 0.25) is 0 Å². The molecule has 0 aromatic heterocycles. The van der Waals surface area contributed by atoms with E-state index in [4.69, 9.17) is 77.8 Å². The minimum absolute atomic E-state index is 0. The van der Waals surface area contributed by atoms with Gasteiger partial charge in [-0.2, -0.15) is 0 Å². The zero-order valence-electron chi connectivity index (χ0n) is 36.3. The Morgan fingerprint density at radius 3 is 0.0874 bits per heavy atom. The van der Waals surface area contributed by atoms with E-state index in [1.165, 1.54) is 0 Å². The molecule has 0 amide bonds. The number of rotatable bonds is 0. The van der Waals surface area contributed by atoms with Crippen LogP contribution < -0.4 is 30.8 Å². The number of hydrogen-bond donors (Lipinski definition) is 6. The second kappa shape index (κ2) is 502. The topological polar surface area (TPSA) is 499 Å². The van der Waals surface area contributed by atoms with E-state index in [1.54, 1.807) is 0 Å². The zero-order valence-corrected chi connectivity index (χ0v) is 113. The van der Waals surface area contributed by atoms with Gasteiger partial charge in [0.15, 0.2) is 61.8 Å². The van der Waals surface area contributed by atoms with E-state index >= 15 is 0 Å². The molecule has 0 atom stereocenters. The molecule has 0 spiro atoms. The van der Waals surface area contributed by atoms with E-state index in [0.717, 1.165) is 0 Å². The molecule has 776 valence electrons. The Morgan fingerprint density at radius 2 is 0.0874 bits per heavy atom. The molecule has 0 unspecified atom stereocenters. The van der Waals surface area contributed by atoms with Gasteiger partial charge in [-0.25, -0.2) is 81.3 Å². The van der Waals surface area contributed by atoms with E-state index < -0.39 is 61.8 Å². The standard InChI is InChI=1S/6H3NO3S.73Ni/c6*1-5(2,3)4;;;;;;;;;;;;;;;;;;;;;;;;;;;;;;;;;;;;;;;;;;;;;;;;;;;;;;;;;;;;;;;;;;;;;;;;;/h6*(H3,1,2,3,4);;;;;;;;;;;;;;;;;;;;;;;;;;;;;;;;;;;;;;;;;;;;;;;;;;;;;;;;;;;;;;;;;;;;;;;;;/q;;;;;;73*+2/p-6. The molecule has 0 radical (unpaired) electrons. The van der Waals surface area contributed by atoms with Crippen LogP contribution in [0.15, 0.2) is 0 Å². The molecule has 103 heavy (non-hydrogen) atoms. The Hall–Kier alpha value is 35.2. The van der Waals surface area contributed by atoms with Crippen LogP contribution in [-0.4, -0.2) is 77.8 Å². The summed E-state index contributed by atoms with van der Waals surface area (Å²) in [6.07, 6.45) is 0. The van der Waals surface area contributed by atoms with Crippen molar-refractivity contribution in [3.05, 3.63) is 0 Å². The fraction of sp³-hybridized carbons (Fsp3) is 0. The summed E-state index contributed by atoms with van der Waals surface area (Å²) in [4.78, 5) is 0. The average Bonchev–Trinajstić information content (AvgIpc) is 1.94. The summed E-state index contributed by atoms with van der Waals surface area (Å²) >= 11 is 0. The molecule has 24 nitrogen and oxygen atoms in total. The van der Waals surface area contributed by atoms with Crippen LogP contribution in [0.4, 0.5) is 0 Å². The molecule has 12 N–H and O–H groups in total. The van der Waals surface area contributed by atoms with Crippen LogP contribution in [0.1, 0.15) is 0 Å². The molecule has 0 saturated carbocycles. The Labute approximate surface area is 1340 Å². The first-order chi connectivity index (χ1) is 12.0. The van der Waals surface area contributed by atoms with Crippen LogP contribution in [0.5, 0.6) is 0 Å². The first kappa shape index (κ1) is 742. The van der Waals surface area contributed by atoms with Crippen molar-refractivity contribution >= 4 is 61.8 Å². The van der Waals surface area contributed by atoms with Gasteiger partial charge in [-0.3, -0.25) is 0 Å². The van der Waals surface area contributed by atoms with Crippen LogP contribution in [0.25, 0.3) is 0 Å². The molecule has 0 aromatic rings. The van der Waals surface area contributed by atoms with Gasteiger partial charge in [-0.1, -0.05) is 0 Å². The Bertz CT molecular complexity index is 863. The second-order valence-electron chi connectivity index (χ2n) is 2.96. The first-order valence-corrected chi connectivity index (χ1v) is 13.2. The fourth-order valence-electron chi connectivity index (χ4n) is 0. The van der Waals surface area contributed by atoms with Gasteiger partial charge in [-0.15, -0.1) is 0 Å². The summed E-state index contributed by atoms with van der Waals surface area (Å²) < 4.78 is 159. The second-order valence-corrected chi connectivity index (χ2v) is 8.87. The first-order valence-electron chi connectivity index (χ1n) is 4.41. The predicted molar refractivity (Wildman–Crippen MR) is 83.3 cm³/mol. The summed E-state index contributed by atoms with van der Waals surface area (Å²) in [5, 5.41) is 22.6. The fourth-order valence-corrected chi connectivity index (χ4v) is 0. The molecule has 0 aromatic carbocycles. The molecule has 0 saturated heterocycles. The van der Waals surface area contributed by atoms with Crippen molar-refractivity contribution in [3.63, 3.8) is 0 Å². The van der Waals surface area contributed by atoms with Crippen molar-refractivity contribution in [2.45, 2.75) is 0 Å². The summed E-state index contributed by atoms with van der Waals surface area (Å²) in [6.45, 7) is 0. The van der Waals surface area contributed by atoms with Gasteiger partial charge in [0.1, 0.15) is 0 Å². The molecule has 0 aliphatic carbocycles. The molecular formula is H12N6Ni73O18S6+140. The maximum absolute atomic E-state index is 8.85. The third-order valence-electron chi connectivity index (χ3n) is 0. The summed E-state index contributed by atoms with van der Waals surface area (Å²) in [5.74, 6) is 0. The zero-order chi connectivity index (χ0) is 27.0. The Balaban J connectivity index is -0.000000000763. The molecule has 0 aliphatic rings. The van der Waals surface area contributed by atoms with Crippen LogP contribution >= 0.6 is 0 Å². The van der Waals surface area contributed by atoms with Crippen molar-refractivity contribution in [3.8, 4) is 0 Å². The molecule has 0 heterocycles. The Morgan fingerprint density at radius 1 is 0.0874 bits per heavy atom. The average molecular weight is 4860 g/mol. The van der Waals surface area contributed by atoms with Gasteiger partial charge < -0.3 is 27.3 Å². The number of nitrogens with two attached hydrogens (primary N) is 6. The van der Waals surface area contributed by atoms with Gasteiger partial charge in [0.05, 0.1) is 0 Å².